The number of aldehydes is 1. The van der Waals surface area contributed by atoms with Gasteiger partial charge >= 0.3 is 0 Å². The molecule has 0 unspecified atom stereocenters. The summed E-state index contributed by atoms with van der Waals surface area (Å²) in [5, 5.41) is 0.769. The number of carbonyl (C=O) groups excluding carboxylic acids is 2. The minimum absolute atomic E-state index is 0.203. The van der Waals surface area contributed by atoms with Crippen molar-refractivity contribution in [2.75, 3.05) is 0 Å². The molecule has 0 bridgehead atoms. The van der Waals surface area contributed by atoms with Gasteiger partial charge in [0.15, 0.2) is 6.29 Å². The minimum Gasteiger partial charge on any atom is -0.298 e. The third kappa shape index (κ3) is 2.27. The second-order valence-corrected chi connectivity index (χ2v) is 5.26. The number of hydrogen-bond acceptors (Lipinski definition) is 2. The minimum atomic E-state index is -0.203. The number of nitrogens with zero attached hydrogens (tertiary/aromatic N) is 1. The van der Waals surface area contributed by atoms with E-state index in [-0.39, 0.29) is 5.91 Å². The highest BCUT2D eigenvalue weighted by Gasteiger charge is 2.14. The molecular formula is C19H15NO2. The molecule has 3 heteroatoms. The van der Waals surface area contributed by atoms with Gasteiger partial charge in [-0.05, 0) is 30.2 Å². The van der Waals surface area contributed by atoms with E-state index in [1.807, 2.05) is 48.5 Å². The summed E-state index contributed by atoms with van der Waals surface area (Å²) < 4.78 is 1.48. The standard InChI is InChI=1S/C19H15NO2/c1-13(2)19(22)20-11-16(12-21)17-10-15(8-9-18(17)20)14-6-4-3-5-7-14/h3-12H,1H2,2H3. The van der Waals surface area contributed by atoms with E-state index in [2.05, 4.69) is 6.58 Å². The summed E-state index contributed by atoms with van der Waals surface area (Å²) in [6.45, 7) is 5.34. The molecule has 3 aromatic rings. The molecule has 0 N–H and O–H groups in total. The molecule has 0 amide bonds. The van der Waals surface area contributed by atoms with Gasteiger partial charge in [-0.1, -0.05) is 43.0 Å². The maximum atomic E-state index is 12.2. The molecule has 3 rings (SSSR count). The van der Waals surface area contributed by atoms with Crippen LogP contribution in [0.4, 0.5) is 0 Å². The zero-order valence-electron chi connectivity index (χ0n) is 12.2. The molecule has 0 radical (unpaired) electrons. The zero-order chi connectivity index (χ0) is 15.7. The molecule has 0 aliphatic carbocycles. The lowest BCUT2D eigenvalue weighted by atomic mass is 10.0. The molecule has 0 fully saturated rings. The molecule has 0 saturated carbocycles. The van der Waals surface area contributed by atoms with E-state index < -0.39 is 0 Å². The van der Waals surface area contributed by atoms with Gasteiger partial charge in [0.2, 0.25) is 0 Å². The van der Waals surface area contributed by atoms with E-state index in [4.69, 9.17) is 0 Å². The fourth-order valence-electron chi connectivity index (χ4n) is 2.53. The molecule has 0 aliphatic heterocycles. The second-order valence-electron chi connectivity index (χ2n) is 5.26. The Hall–Kier alpha value is -2.94. The van der Waals surface area contributed by atoms with Crippen molar-refractivity contribution >= 4 is 23.1 Å². The Labute approximate surface area is 128 Å². The van der Waals surface area contributed by atoms with Crippen molar-refractivity contribution in [3.05, 3.63) is 72.4 Å². The van der Waals surface area contributed by atoms with Crippen molar-refractivity contribution in [2.24, 2.45) is 0 Å². The molecule has 2 aromatic carbocycles. The number of aromatic nitrogens is 1. The van der Waals surface area contributed by atoms with Crippen LogP contribution in [0.5, 0.6) is 0 Å². The number of hydrogen-bond donors (Lipinski definition) is 0. The van der Waals surface area contributed by atoms with Crippen molar-refractivity contribution in [1.29, 1.82) is 0 Å². The van der Waals surface area contributed by atoms with Gasteiger partial charge in [-0.2, -0.15) is 0 Å². The number of rotatable bonds is 3. The first-order valence-corrected chi connectivity index (χ1v) is 6.97. The topological polar surface area (TPSA) is 39.1 Å². The van der Waals surface area contributed by atoms with Gasteiger partial charge in [0, 0.05) is 22.7 Å². The largest absolute Gasteiger partial charge is 0.298 e. The highest BCUT2D eigenvalue weighted by Crippen LogP contribution is 2.27. The van der Waals surface area contributed by atoms with Crippen LogP contribution in [0.3, 0.4) is 0 Å². The van der Waals surface area contributed by atoms with Crippen LogP contribution < -0.4 is 0 Å². The summed E-state index contributed by atoms with van der Waals surface area (Å²) in [5.74, 6) is -0.203. The fraction of sp³-hybridized carbons (Fsp3) is 0.0526. The third-order valence-corrected chi connectivity index (χ3v) is 3.65. The van der Waals surface area contributed by atoms with Gasteiger partial charge in [-0.15, -0.1) is 0 Å². The van der Waals surface area contributed by atoms with Gasteiger partial charge < -0.3 is 0 Å². The van der Waals surface area contributed by atoms with Crippen LogP contribution in [-0.4, -0.2) is 16.8 Å². The lowest BCUT2D eigenvalue weighted by molar-refractivity contribution is 0.0960. The van der Waals surface area contributed by atoms with E-state index in [1.165, 1.54) is 4.57 Å². The number of allylic oxidation sites excluding steroid dienone is 1. The van der Waals surface area contributed by atoms with E-state index >= 15 is 0 Å². The van der Waals surface area contributed by atoms with Gasteiger partial charge in [-0.25, -0.2) is 0 Å². The molecule has 1 heterocycles. The van der Waals surface area contributed by atoms with Crippen molar-refractivity contribution in [3.63, 3.8) is 0 Å². The smallest absolute Gasteiger partial charge is 0.257 e. The third-order valence-electron chi connectivity index (χ3n) is 3.65. The van der Waals surface area contributed by atoms with E-state index in [9.17, 15) is 9.59 Å². The molecule has 22 heavy (non-hydrogen) atoms. The molecule has 0 spiro atoms. The Kier molecular flexibility index (Phi) is 3.47. The van der Waals surface area contributed by atoms with Crippen LogP contribution in [0.25, 0.3) is 22.0 Å². The first-order valence-electron chi connectivity index (χ1n) is 6.97. The lowest BCUT2D eigenvalue weighted by Crippen LogP contribution is -2.09. The maximum Gasteiger partial charge on any atom is 0.257 e. The lowest BCUT2D eigenvalue weighted by Gasteiger charge is -2.05. The van der Waals surface area contributed by atoms with Crippen LogP contribution in [0, 0.1) is 0 Å². The van der Waals surface area contributed by atoms with E-state index in [0.717, 1.165) is 28.3 Å². The van der Waals surface area contributed by atoms with Crippen LogP contribution in [0.2, 0.25) is 0 Å². The van der Waals surface area contributed by atoms with E-state index in [0.29, 0.717) is 11.1 Å². The highest BCUT2D eigenvalue weighted by atomic mass is 16.2. The molecular weight excluding hydrogens is 274 g/mol. The second kappa shape index (κ2) is 5.45. The first kappa shape index (κ1) is 14.0. The van der Waals surface area contributed by atoms with Gasteiger partial charge in [-0.3, -0.25) is 14.2 Å². The SMILES string of the molecule is C=C(C)C(=O)n1cc(C=O)c2cc(-c3ccccc3)ccc21. The van der Waals surface area contributed by atoms with Crippen LogP contribution in [-0.2, 0) is 0 Å². The molecule has 1 aromatic heterocycles. The van der Waals surface area contributed by atoms with Crippen LogP contribution >= 0.6 is 0 Å². The average molecular weight is 289 g/mol. The normalized spacial score (nSPS) is 10.6. The summed E-state index contributed by atoms with van der Waals surface area (Å²) in [4.78, 5) is 23.5. The van der Waals surface area contributed by atoms with Gasteiger partial charge in [0.1, 0.15) is 0 Å². The Morgan fingerprint density at radius 3 is 2.45 bits per heavy atom. The molecule has 0 aliphatic rings. The highest BCUT2D eigenvalue weighted by molar-refractivity contribution is 6.07. The molecule has 108 valence electrons. The predicted molar refractivity (Wildman–Crippen MR) is 88.2 cm³/mol. The maximum absolute atomic E-state index is 12.2. The summed E-state index contributed by atoms with van der Waals surface area (Å²) in [6, 6.07) is 15.7. The Morgan fingerprint density at radius 1 is 1.09 bits per heavy atom. The van der Waals surface area contributed by atoms with Gasteiger partial charge in [0.05, 0.1) is 5.52 Å². The summed E-state index contributed by atoms with van der Waals surface area (Å²) in [6.07, 6.45) is 2.35. The average Bonchev–Trinajstić information content (AvgIpc) is 2.92. The Morgan fingerprint density at radius 2 is 1.82 bits per heavy atom. The quantitative estimate of drug-likeness (QED) is 0.531. The van der Waals surface area contributed by atoms with Crippen LogP contribution in [0.1, 0.15) is 22.1 Å². The fourth-order valence-corrected chi connectivity index (χ4v) is 2.53. The Balaban J connectivity index is 2.23. The molecule has 0 atom stereocenters. The van der Waals surface area contributed by atoms with Crippen molar-refractivity contribution in [2.45, 2.75) is 6.92 Å². The van der Waals surface area contributed by atoms with Gasteiger partial charge in [0.25, 0.3) is 5.91 Å². The van der Waals surface area contributed by atoms with Crippen molar-refractivity contribution in [1.82, 2.24) is 4.57 Å². The summed E-state index contributed by atoms with van der Waals surface area (Å²) in [7, 11) is 0. The number of fused-ring (bicyclic) bond motifs is 1. The van der Waals surface area contributed by atoms with E-state index in [1.54, 1.807) is 13.1 Å². The predicted octanol–water partition coefficient (Wildman–Crippen LogP) is 4.34. The summed E-state index contributed by atoms with van der Waals surface area (Å²) in [5.41, 5.74) is 3.73. The van der Waals surface area contributed by atoms with Crippen LogP contribution in [0.15, 0.2) is 66.9 Å². The summed E-state index contributed by atoms with van der Waals surface area (Å²) >= 11 is 0. The number of carbonyl (C=O) groups is 2. The molecule has 3 nitrogen and oxygen atoms in total. The monoisotopic (exact) mass is 289 g/mol. The Bertz CT molecular complexity index is 888. The molecule has 0 saturated heterocycles. The zero-order valence-corrected chi connectivity index (χ0v) is 12.2. The first-order chi connectivity index (χ1) is 10.6. The van der Waals surface area contributed by atoms with Crippen molar-refractivity contribution in [3.8, 4) is 11.1 Å². The van der Waals surface area contributed by atoms with Crippen molar-refractivity contribution < 1.29 is 9.59 Å². The number of benzene rings is 2.